The van der Waals surface area contributed by atoms with Crippen molar-refractivity contribution in [3.8, 4) is 5.75 Å². The Kier molecular flexibility index (Phi) is 3.85. The van der Waals surface area contributed by atoms with Crippen molar-refractivity contribution in [3.05, 3.63) is 35.7 Å². The van der Waals surface area contributed by atoms with Gasteiger partial charge in [-0.2, -0.15) is 4.98 Å². The first-order valence-electron chi connectivity index (χ1n) is 7.10. The standard InChI is InChI=1S/C15H19N3O2/c1-11-17-15(20-18-11)16-10-12-6-2-5-9-14(12)19-13-7-3-4-8-13/h2,5-6,9,13H,3-4,7-8,10H2,1H3,(H,16,17,18). The smallest absolute Gasteiger partial charge is 0.321 e. The van der Waals surface area contributed by atoms with E-state index in [0.29, 0.717) is 24.5 Å². The first kappa shape index (κ1) is 13.0. The average molecular weight is 273 g/mol. The molecule has 3 rings (SSSR count). The molecule has 0 saturated heterocycles. The SMILES string of the molecule is Cc1noc(NCc2ccccc2OC2CCCC2)n1. The van der Waals surface area contributed by atoms with E-state index in [2.05, 4.69) is 21.5 Å². The number of hydrogen-bond donors (Lipinski definition) is 1. The zero-order valence-electron chi connectivity index (χ0n) is 11.6. The Labute approximate surface area is 118 Å². The highest BCUT2D eigenvalue weighted by Gasteiger charge is 2.17. The quantitative estimate of drug-likeness (QED) is 0.905. The molecule has 0 atom stereocenters. The number of ether oxygens (including phenoxy) is 1. The van der Waals surface area contributed by atoms with Crippen molar-refractivity contribution in [2.75, 3.05) is 5.32 Å². The Morgan fingerprint density at radius 3 is 2.85 bits per heavy atom. The second-order valence-electron chi connectivity index (χ2n) is 5.13. The average Bonchev–Trinajstić information content (AvgIpc) is 3.10. The minimum absolute atomic E-state index is 0.363. The highest BCUT2D eigenvalue weighted by Crippen LogP contribution is 2.27. The zero-order chi connectivity index (χ0) is 13.8. The molecule has 1 N–H and O–H groups in total. The van der Waals surface area contributed by atoms with Gasteiger partial charge in [0.05, 0.1) is 6.10 Å². The molecule has 5 nitrogen and oxygen atoms in total. The highest BCUT2D eigenvalue weighted by molar-refractivity contribution is 5.36. The van der Waals surface area contributed by atoms with E-state index in [1.807, 2.05) is 18.2 Å². The van der Waals surface area contributed by atoms with E-state index in [0.717, 1.165) is 24.2 Å². The Balaban J connectivity index is 1.65. The van der Waals surface area contributed by atoms with Crippen molar-refractivity contribution < 1.29 is 9.26 Å². The van der Waals surface area contributed by atoms with E-state index in [9.17, 15) is 0 Å². The van der Waals surface area contributed by atoms with E-state index < -0.39 is 0 Å². The van der Waals surface area contributed by atoms with Crippen LogP contribution in [0.4, 0.5) is 6.01 Å². The lowest BCUT2D eigenvalue weighted by atomic mass is 10.2. The molecule has 0 bridgehead atoms. The molecule has 1 aliphatic rings. The normalized spacial score (nSPS) is 15.4. The number of anilines is 1. The van der Waals surface area contributed by atoms with E-state index in [1.165, 1.54) is 12.8 Å². The van der Waals surface area contributed by atoms with Crippen LogP contribution in [0.3, 0.4) is 0 Å². The maximum absolute atomic E-state index is 6.09. The number of hydrogen-bond acceptors (Lipinski definition) is 5. The van der Waals surface area contributed by atoms with Gasteiger partial charge in [-0.1, -0.05) is 23.4 Å². The lowest BCUT2D eigenvalue weighted by Crippen LogP contribution is -2.13. The minimum atomic E-state index is 0.363. The molecule has 1 fully saturated rings. The fourth-order valence-electron chi connectivity index (χ4n) is 2.49. The number of benzene rings is 1. The summed E-state index contributed by atoms with van der Waals surface area (Å²) in [4.78, 5) is 4.13. The molecule has 5 heteroatoms. The molecular formula is C15H19N3O2. The summed E-state index contributed by atoms with van der Waals surface area (Å²) in [6.07, 6.45) is 5.22. The van der Waals surface area contributed by atoms with Crippen molar-refractivity contribution in [2.45, 2.75) is 45.3 Å². The minimum Gasteiger partial charge on any atom is -0.490 e. The summed E-state index contributed by atoms with van der Waals surface area (Å²) in [5.74, 6) is 1.58. The van der Waals surface area contributed by atoms with E-state index in [4.69, 9.17) is 9.26 Å². The Morgan fingerprint density at radius 1 is 1.30 bits per heavy atom. The highest BCUT2D eigenvalue weighted by atomic mass is 16.5. The van der Waals surface area contributed by atoms with Crippen LogP contribution in [-0.2, 0) is 6.54 Å². The topological polar surface area (TPSA) is 60.2 Å². The fraction of sp³-hybridized carbons (Fsp3) is 0.467. The molecule has 1 heterocycles. The van der Waals surface area contributed by atoms with Gasteiger partial charge in [0.2, 0.25) is 0 Å². The third-order valence-electron chi connectivity index (χ3n) is 3.53. The molecule has 2 aromatic rings. The van der Waals surface area contributed by atoms with Crippen LogP contribution in [0.2, 0.25) is 0 Å². The molecule has 0 radical (unpaired) electrons. The van der Waals surface area contributed by atoms with E-state index >= 15 is 0 Å². The van der Waals surface area contributed by atoms with Gasteiger partial charge >= 0.3 is 6.01 Å². The number of nitrogens with zero attached hydrogens (tertiary/aromatic N) is 2. The van der Waals surface area contributed by atoms with Gasteiger partial charge in [-0.25, -0.2) is 0 Å². The van der Waals surface area contributed by atoms with Crippen LogP contribution in [0.1, 0.15) is 37.1 Å². The molecular weight excluding hydrogens is 254 g/mol. The van der Waals surface area contributed by atoms with Gasteiger partial charge in [-0.05, 0) is 38.7 Å². The van der Waals surface area contributed by atoms with Crippen molar-refractivity contribution in [3.63, 3.8) is 0 Å². The van der Waals surface area contributed by atoms with Gasteiger partial charge in [0, 0.05) is 12.1 Å². The summed E-state index contributed by atoms with van der Waals surface area (Å²) >= 11 is 0. The molecule has 0 unspecified atom stereocenters. The van der Waals surface area contributed by atoms with E-state index in [-0.39, 0.29) is 0 Å². The molecule has 0 amide bonds. The molecule has 1 aromatic carbocycles. The van der Waals surface area contributed by atoms with Crippen molar-refractivity contribution in [1.82, 2.24) is 10.1 Å². The summed E-state index contributed by atoms with van der Waals surface area (Å²) in [6, 6.07) is 8.54. The molecule has 1 aliphatic carbocycles. The fourth-order valence-corrected chi connectivity index (χ4v) is 2.49. The summed E-state index contributed by atoms with van der Waals surface area (Å²) in [5.41, 5.74) is 1.11. The van der Waals surface area contributed by atoms with Crippen LogP contribution in [0.25, 0.3) is 0 Å². The first-order chi connectivity index (χ1) is 9.81. The predicted molar refractivity (Wildman–Crippen MR) is 75.7 cm³/mol. The third kappa shape index (κ3) is 3.10. The lowest BCUT2D eigenvalue weighted by molar-refractivity contribution is 0.208. The van der Waals surface area contributed by atoms with Gasteiger partial charge in [0.15, 0.2) is 5.82 Å². The van der Waals surface area contributed by atoms with Gasteiger partial charge in [0.25, 0.3) is 0 Å². The Hall–Kier alpha value is -2.04. The van der Waals surface area contributed by atoms with Crippen molar-refractivity contribution >= 4 is 6.01 Å². The lowest BCUT2D eigenvalue weighted by Gasteiger charge is -2.16. The van der Waals surface area contributed by atoms with Crippen LogP contribution in [0, 0.1) is 6.92 Å². The number of para-hydroxylation sites is 1. The molecule has 1 aromatic heterocycles. The van der Waals surface area contributed by atoms with Crippen LogP contribution in [0.15, 0.2) is 28.8 Å². The Morgan fingerprint density at radius 2 is 2.10 bits per heavy atom. The number of aryl methyl sites for hydroxylation is 1. The maximum Gasteiger partial charge on any atom is 0.321 e. The molecule has 0 spiro atoms. The molecule has 0 aliphatic heterocycles. The first-order valence-corrected chi connectivity index (χ1v) is 7.10. The van der Waals surface area contributed by atoms with Crippen LogP contribution in [-0.4, -0.2) is 16.2 Å². The molecule has 106 valence electrons. The number of rotatable bonds is 5. The Bertz CT molecular complexity index is 562. The summed E-state index contributed by atoms with van der Waals surface area (Å²) in [6.45, 7) is 2.41. The van der Waals surface area contributed by atoms with Gasteiger partial charge in [-0.15, -0.1) is 0 Å². The predicted octanol–water partition coefficient (Wildman–Crippen LogP) is 3.31. The zero-order valence-corrected chi connectivity index (χ0v) is 11.6. The van der Waals surface area contributed by atoms with Crippen LogP contribution >= 0.6 is 0 Å². The maximum atomic E-state index is 6.09. The van der Waals surface area contributed by atoms with Gasteiger partial charge in [-0.3, -0.25) is 0 Å². The number of nitrogens with one attached hydrogen (secondary N) is 1. The van der Waals surface area contributed by atoms with Crippen LogP contribution < -0.4 is 10.1 Å². The summed E-state index contributed by atoms with van der Waals surface area (Å²) < 4.78 is 11.1. The summed E-state index contributed by atoms with van der Waals surface area (Å²) in [7, 11) is 0. The third-order valence-corrected chi connectivity index (χ3v) is 3.53. The van der Waals surface area contributed by atoms with Gasteiger partial charge < -0.3 is 14.6 Å². The van der Waals surface area contributed by atoms with Crippen molar-refractivity contribution in [2.24, 2.45) is 0 Å². The molecule has 20 heavy (non-hydrogen) atoms. The second kappa shape index (κ2) is 5.94. The molecule has 1 saturated carbocycles. The summed E-state index contributed by atoms with van der Waals surface area (Å²) in [5, 5.41) is 6.88. The second-order valence-corrected chi connectivity index (χ2v) is 5.13. The monoisotopic (exact) mass is 273 g/mol. The largest absolute Gasteiger partial charge is 0.490 e. The van der Waals surface area contributed by atoms with E-state index in [1.54, 1.807) is 6.92 Å². The van der Waals surface area contributed by atoms with Gasteiger partial charge in [0.1, 0.15) is 5.75 Å². The van der Waals surface area contributed by atoms with Crippen molar-refractivity contribution in [1.29, 1.82) is 0 Å². The number of aromatic nitrogens is 2. The van der Waals surface area contributed by atoms with Crippen LogP contribution in [0.5, 0.6) is 5.75 Å².